The van der Waals surface area contributed by atoms with Crippen LogP contribution in [-0.2, 0) is 0 Å². The van der Waals surface area contributed by atoms with E-state index in [0.29, 0.717) is 0 Å². The molecule has 4 saturated heterocycles. The van der Waals surface area contributed by atoms with Crippen molar-refractivity contribution < 1.29 is 0 Å². The van der Waals surface area contributed by atoms with Gasteiger partial charge < -0.3 is 9.80 Å². The number of rotatable bonds is 0. The lowest BCUT2D eigenvalue weighted by molar-refractivity contribution is 0.154. The largest absolute Gasteiger partial charge is 0.303 e. The molecule has 0 saturated carbocycles. The fourth-order valence-electron chi connectivity index (χ4n) is 5.87. The van der Waals surface area contributed by atoms with E-state index < -0.39 is 0 Å². The standard InChI is InChI=1S/C24H46N2/c1-2-4-9-19-26-21-12-15-23-14-7-11-20-25(17-8-3-1)18-10-5-6-13-24(23)16-22-26/h23-24H,1-22H2. The van der Waals surface area contributed by atoms with Gasteiger partial charge in [-0.1, -0.05) is 57.8 Å². The highest BCUT2D eigenvalue weighted by Crippen LogP contribution is 2.33. The first-order valence-electron chi connectivity index (χ1n) is 12.4. The average Bonchev–Trinajstić information content (AvgIpc) is 2.62. The molecule has 4 rings (SSSR count). The van der Waals surface area contributed by atoms with Crippen LogP contribution < -0.4 is 0 Å². The Balaban J connectivity index is 1.63. The molecule has 0 spiro atoms. The van der Waals surface area contributed by atoms with Crippen LogP contribution in [0.15, 0.2) is 0 Å². The first-order valence-corrected chi connectivity index (χ1v) is 12.4. The molecule has 0 amide bonds. The van der Waals surface area contributed by atoms with E-state index in [9.17, 15) is 0 Å². The zero-order valence-electron chi connectivity index (χ0n) is 17.6. The Morgan fingerprint density at radius 2 is 0.692 bits per heavy atom. The molecule has 0 aromatic rings. The van der Waals surface area contributed by atoms with Crippen LogP contribution in [0.4, 0.5) is 0 Å². The lowest BCUT2D eigenvalue weighted by atomic mass is 9.78. The zero-order chi connectivity index (χ0) is 17.9. The van der Waals surface area contributed by atoms with Crippen molar-refractivity contribution in [3.05, 3.63) is 0 Å². The summed E-state index contributed by atoms with van der Waals surface area (Å²) in [6.07, 6.45) is 23.6. The molecule has 0 aliphatic carbocycles. The number of nitrogens with zero attached hydrogens (tertiary/aromatic N) is 2. The minimum absolute atomic E-state index is 1.03. The predicted molar refractivity (Wildman–Crippen MR) is 114 cm³/mol. The third-order valence-electron chi connectivity index (χ3n) is 7.58. The molecule has 4 fully saturated rings. The summed E-state index contributed by atoms with van der Waals surface area (Å²) in [6, 6.07) is 0. The van der Waals surface area contributed by atoms with Crippen LogP contribution in [0.2, 0.25) is 0 Å². The summed E-state index contributed by atoms with van der Waals surface area (Å²) >= 11 is 0. The van der Waals surface area contributed by atoms with Gasteiger partial charge in [0.15, 0.2) is 0 Å². The smallest absolute Gasteiger partial charge is 0.00160 e. The summed E-state index contributed by atoms with van der Waals surface area (Å²) < 4.78 is 0. The maximum atomic E-state index is 2.83. The van der Waals surface area contributed by atoms with Crippen LogP contribution >= 0.6 is 0 Å². The Labute approximate surface area is 164 Å². The molecule has 4 bridgehead atoms. The van der Waals surface area contributed by atoms with Crippen molar-refractivity contribution in [2.75, 3.05) is 39.3 Å². The maximum absolute atomic E-state index is 2.83. The highest BCUT2D eigenvalue weighted by atomic mass is 15.1. The number of fused-ring (bicyclic) bond motifs is 17. The summed E-state index contributed by atoms with van der Waals surface area (Å²) in [5.41, 5.74) is 0. The summed E-state index contributed by atoms with van der Waals surface area (Å²) in [6.45, 7) is 8.30. The third-order valence-corrected chi connectivity index (χ3v) is 7.58. The van der Waals surface area contributed by atoms with Gasteiger partial charge in [0.2, 0.25) is 0 Å². The molecule has 2 heteroatoms. The predicted octanol–water partition coefficient (Wildman–Crippen LogP) is 6.11. The van der Waals surface area contributed by atoms with Gasteiger partial charge in [-0.05, 0) is 96.1 Å². The van der Waals surface area contributed by atoms with Crippen LogP contribution in [0.25, 0.3) is 0 Å². The molecule has 4 aliphatic heterocycles. The minimum Gasteiger partial charge on any atom is -0.303 e. The number of hydrogen-bond donors (Lipinski definition) is 0. The molecule has 4 unspecified atom stereocenters. The number of hydrogen-bond acceptors (Lipinski definition) is 2. The van der Waals surface area contributed by atoms with Crippen LogP contribution in [0.5, 0.6) is 0 Å². The molecule has 4 atom stereocenters. The van der Waals surface area contributed by atoms with Gasteiger partial charge in [0.25, 0.3) is 0 Å². The first kappa shape index (κ1) is 20.6. The van der Waals surface area contributed by atoms with E-state index in [0.717, 1.165) is 11.8 Å². The van der Waals surface area contributed by atoms with Gasteiger partial charge in [-0.25, -0.2) is 0 Å². The fraction of sp³-hybridized carbons (Fsp3) is 1.00. The van der Waals surface area contributed by atoms with Crippen molar-refractivity contribution in [2.24, 2.45) is 11.8 Å². The van der Waals surface area contributed by atoms with E-state index in [1.54, 1.807) is 0 Å². The Bertz CT molecular complexity index is 342. The van der Waals surface area contributed by atoms with Crippen LogP contribution in [0.3, 0.4) is 0 Å². The summed E-state index contributed by atoms with van der Waals surface area (Å²) in [5, 5.41) is 0. The molecular formula is C24H46N2. The first-order chi connectivity index (χ1) is 12.9. The highest BCUT2D eigenvalue weighted by Gasteiger charge is 2.24. The molecule has 152 valence electrons. The molecule has 0 aromatic heterocycles. The van der Waals surface area contributed by atoms with Gasteiger partial charge >= 0.3 is 0 Å². The van der Waals surface area contributed by atoms with Crippen LogP contribution in [-0.4, -0.2) is 49.1 Å². The van der Waals surface area contributed by atoms with Gasteiger partial charge in [-0.15, -0.1) is 0 Å². The Morgan fingerprint density at radius 1 is 0.308 bits per heavy atom. The van der Waals surface area contributed by atoms with Gasteiger partial charge in [0.05, 0.1) is 0 Å². The summed E-state index contributed by atoms with van der Waals surface area (Å²) in [7, 11) is 0. The molecule has 0 radical (unpaired) electrons. The quantitative estimate of drug-likeness (QED) is 0.513. The van der Waals surface area contributed by atoms with E-state index >= 15 is 0 Å². The Hall–Kier alpha value is -0.0800. The molecule has 2 nitrogen and oxygen atoms in total. The fourth-order valence-corrected chi connectivity index (χ4v) is 5.87. The lowest BCUT2D eigenvalue weighted by Crippen LogP contribution is -2.33. The van der Waals surface area contributed by atoms with Crippen molar-refractivity contribution >= 4 is 0 Å². The van der Waals surface area contributed by atoms with Gasteiger partial charge in [-0.2, -0.15) is 0 Å². The second kappa shape index (κ2) is 12.4. The molecule has 0 aromatic carbocycles. The van der Waals surface area contributed by atoms with E-state index in [2.05, 4.69) is 9.80 Å². The van der Waals surface area contributed by atoms with Gasteiger partial charge in [-0.3, -0.25) is 0 Å². The zero-order valence-corrected chi connectivity index (χ0v) is 17.6. The maximum Gasteiger partial charge on any atom is -0.00160 e. The van der Waals surface area contributed by atoms with Crippen molar-refractivity contribution in [3.8, 4) is 0 Å². The normalized spacial score (nSPS) is 36.9. The average molecular weight is 363 g/mol. The summed E-state index contributed by atoms with van der Waals surface area (Å²) in [5.74, 6) is 2.08. The van der Waals surface area contributed by atoms with E-state index in [-0.39, 0.29) is 0 Å². The Morgan fingerprint density at radius 3 is 1.38 bits per heavy atom. The van der Waals surface area contributed by atoms with Crippen LogP contribution in [0, 0.1) is 11.8 Å². The van der Waals surface area contributed by atoms with Crippen LogP contribution in [0.1, 0.15) is 103 Å². The third kappa shape index (κ3) is 7.50. The molecule has 4 aliphatic rings. The van der Waals surface area contributed by atoms with Gasteiger partial charge in [0.1, 0.15) is 0 Å². The minimum atomic E-state index is 1.03. The molecule has 0 N–H and O–H groups in total. The molecular weight excluding hydrogens is 316 g/mol. The lowest BCUT2D eigenvalue weighted by Gasteiger charge is -2.35. The van der Waals surface area contributed by atoms with Crippen molar-refractivity contribution in [1.82, 2.24) is 9.80 Å². The second-order valence-electron chi connectivity index (χ2n) is 9.60. The molecule has 26 heavy (non-hydrogen) atoms. The Kier molecular flexibility index (Phi) is 9.84. The van der Waals surface area contributed by atoms with Crippen molar-refractivity contribution in [3.63, 3.8) is 0 Å². The van der Waals surface area contributed by atoms with E-state index in [4.69, 9.17) is 0 Å². The molecule has 4 heterocycles. The SMILES string of the molecule is C1CCCCN2CCCC3CCCCN(CCC1)CCCCCC3CC2. The summed E-state index contributed by atoms with van der Waals surface area (Å²) in [4.78, 5) is 5.64. The van der Waals surface area contributed by atoms with Crippen molar-refractivity contribution in [1.29, 1.82) is 0 Å². The second-order valence-corrected chi connectivity index (χ2v) is 9.60. The van der Waals surface area contributed by atoms with E-state index in [1.165, 1.54) is 142 Å². The topological polar surface area (TPSA) is 6.48 Å². The van der Waals surface area contributed by atoms with E-state index in [1.807, 2.05) is 0 Å². The van der Waals surface area contributed by atoms with Crippen molar-refractivity contribution in [2.45, 2.75) is 103 Å². The van der Waals surface area contributed by atoms with Gasteiger partial charge in [0, 0.05) is 0 Å². The highest BCUT2D eigenvalue weighted by molar-refractivity contribution is 4.77. The monoisotopic (exact) mass is 362 g/mol.